The van der Waals surface area contributed by atoms with Crippen molar-refractivity contribution in [1.29, 1.82) is 0 Å². The molecule has 32 heavy (non-hydrogen) atoms. The summed E-state index contributed by atoms with van der Waals surface area (Å²) in [6.07, 6.45) is 0.194. The number of nitrogens with one attached hydrogen (secondary N) is 1. The third-order valence-corrected chi connectivity index (χ3v) is 6.43. The van der Waals surface area contributed by atoms with Crippen LogP contribution >= 0.6 is 0 Å². The second-order valence-electron chi connectivity index (χ2n) is 8.55. The first-order valence-corrected chi connectivity index (χ1v) is 11.1. The lowest BCUT2D eigenvalue weighted by Crippen LogP contribution is -2.37. The van der Waals surface area contributed by atoms with Crippen molar-refractivity contribution < 1.29 is 9.90 Å². The van der Waals surface area contributed by atoms with Gasteiger partial charge in [0.2, 0.25) is 5.91 Å². The first kappa shape index (κ1) is 21.9. The molecule has 5 nitrogen and oxygen atoms in total. The minimum absolute atomic E-state index is 0.109. The Morgan fingerprint density at radius 2 is 1.75 bits per heavy atom. The Morgan fingerprint density at radius 1 is 1.06 bits per heavy atom. The van der Waals surface area contributed by atoms with Crippen LogP contribution in [0.5, 0.6) is 0 Å². The molecule has 0 saturated carbocycles. The first-order chi connectivity index (χ1) is 15.4. The molecule has 3 aromatic carbocycles. The van der Waals surface area contributed by atoms with Crippen LogP contribution in [0, 0.1) is 6.92 Å². The Bertz CT molecular complexity index is 1060. The fraction of sp³-hybridized carbons (Fsp3) is 0.296. The van der Waals surface area contributed by atoms with Crippen molar-refractivity contribution in [2.24, 2.45) is 0 Å². The molecule has 1 fully saturated rings. The van der Waals surface area contributed by atoms with Crippen molar-refractivity contribution in [3.8, 4) is 11.1 Å². The number of likely N-dealkylation sites (N-methyl/N-ethyl adjacent to an activating group) is 1. The molecule has 0 radical (unpaired) electrons. The van der Waals surface area contributed by atoms with Gasteiger partial charge in [0.15, 0.2) is 6.23 Å². The van der Waals surface area contributed by atoms with Gasteiger partial charge in [-0.25, -0.2) is 0 Å². The number of nitrogens with zero attached hydrogens (tertiary/aromatic N) is 2. The minimum Gasteiger partial charge on any atom is -0.369 e. The largest absolute Gasteiger partial charge is 0.369 e. The van der Waals surface area contributed by atoms with Crippen LogP contribution in [0.1, 0.15) is 30.7 Å². The van der Waals surface area contributed by atoms with Gasteiger partial charge in [0.05, 0.1) is 6.04 Å². The summed E-state index contributed by atoms with van der Waals surface area (Å²) in [6, 6.07) is 24.7. The van der Waals surface area contributed by atoms with Crippen LogP contribution in [0.4, 0.5) is 11.4 Å². The maximum absolute atomic E-state index is 11.6. The molecule has 4 rings (SSSR count). The van der Waals surface area contributed by atoms with E-state index in [4.69, 9.17) is 0 Å². The van der Waals surface area contributed by atoms with E-state index in [1.54, 1.807) is 6.92 Å². The van der Waals surface area contributed by atoms with Gasteiger partial charge in [0, 0.05) is 44.0 Å². The standard InChI is InChI=1S/C27H31N3O2/c1-19-6-4-5-7-26(19)21-8-10-22(11-9-21)27(32)28-23-12-14-24(15-13-23)30-17-16-25(18-30)29(3)20(2)31/h4-15,25,27-28,32H,16-18H2,1-3H3. The molecule has 3 aromatic rings. The minimum atomic E-state index is -0.785. The fourth-order valence-corrected chi connectivity index (χ4v) is 4.30. The lowest BCUT2D eigenvalue weighted by atomic mass is 9.99. The summed E-state index contributed by atoms with van der Waals surface area (Å²) >= 11 is 0. The van der Waals surface area contributed by atoms with Crippen LogP contribution < -0.4 is 10.2 Å². The topological polar surface area (TPSA) is 55.8 Å². The lowest BCUT2D eigenvalue weighted by molar-refractivity contribution is -0.129. The summed E-state index contributed by atoms with van der Waals surface area (Å²) in [5.41, 5.74) is 6.39. The zero-order chi connectivity index (χ0) is 22.7. The zero-order valence-electron chi connectivity index (χ0n) is 19.0. The van der Waals surface area contributed by atoms with Crippen molar-refractivity contribution in [1.82, 2.24) is 4.90 Å². The highest BCUT2D eigenvalue weighted by molar-refractivity contribution is 5.73. The predicted molar refractivity (Wildman–Crippen MR) is 131 cm³/mol. The van der Waals surface area contributed by atoms with Crippen LogP contribution in [0.2, 0.25) is 0 Å². The monoisotopic (exact) mass is 429 g/mol. The van der Waals surface area contributed by atoms with Crippen LogP contribution in [0.3, 0.4) is 0 Å². The zero-order valence-corrected chi connectivity index (χ0v) is 19.0. The predicted octanol–water partition coefficient (Wildman–Crippen LogP) is 4.82. The number of anilines is 2. The van der Waals surface area contributed by atoms with Crippen molar-refractivity contribution in [3.05, 3.63) is 83.9 Å². The Labute approximate surface area is 190 Å². The van der Waals surface area contributed by atoms with Gasteiger partial charge < -0.3 is 20.2 Å². The molecule has 0 aromatic heterocycles. The van der Waals surface area contributed by atoms with Crippen LogP contribution in [-0.2, 0) is 4.79 Å². The highest BCUT2D eigenvalue weighted by Crippen LogP contribution is 2.27. The van der Waals surface area contributed by atoms with E-state index in [1.807, 2.05) is 60.5 Å². The van der Waals surface area contributed by atoms with Gasteiger partial charge in [-0.15, -0.1) is 0 Å². The normalized spacial score (nSPS) is 16.6. The van der Waals surface area contributed by atoms with E-state index in [2.05, 4.69) is 41.4 Å². The van der Waals surface area contributed by atoms with Gasteiger partial charge in [0.25, 0.3) is 0 Å². The maximum atomic E-state index is 11.6. The second-order valence-corrected chi connectivity index (χ2v) is 8.55. The van der Waals surface area contributed by atoms with Gasteiger partial charge in [-0.05, 0) is 54.3 Å². The highest BCUT2D eigenvalue weighted by Gasteiger charge is 2.27. The van der Waals surface area contributed by atoms with E-state index in [1.165, 1.54) is 11.1 Å². The Morgan fingerprint density at radius 3 is 2.41 bits per heavy atom. The quantitative estimate of drug-likeness (QED) is 0.552. The highest BCUT2D eigenvalue weighted by atomic mass is 16.3. The fourth-order valence-electron chi connectivity index (χ4n) is 4.30. The number of aliphatic hydroxyl groups excluding tert-OH is 1. The van der Waals surface area contributed by atoms with E-state index < -0.39 is 6.23 Å². The molecule has 1 heterocycles. The van der Waals surface area contributed by atoms with E-state index in [0.717, 1.165) is 42.0 Å². The average Bonchev–Trinajstić information content (AvgIpc) is 3.29. The number of amides is 1. The Balaban J connectivity index is 1.37. The number of aryl methyl sites for hydroxylation is 1. The maximum Gasteiger partial charge on any atom is 0.219 e. The Hall–Kier alpha value is -3.31. The van der Waals surface area contributed by atoms with Crippen molar-refractivity contribution in [2.45, 2.75) is 32.5 Å². The number of aliphatic hydroxyl groups is 1. The SMILES string of the molecule is CC(=O)N(C)C1CCN(c2ccc(NC(O)c3ccc(-c4ccccc4C)cc3)cc2)C1. The Kier molecular flexibility index (Phi) is 6.47. The summed E-state index contributed by atoms with van der Waals surface area (Å²) < 4.78 is 0. The molecule has 1 amide bonds. The number of rotatable bonds is 6. The van der Waals surface area contributed by atoms with Gasteiger partial charge in [-0.3, -0.25) is 4.79 Å². The summed E-state index contributed by atoms with van der Waals surface area (Å²) in [7, 11) is 1.87. The van der Waals surface area contributed by atoms with Crippen LogP contribution in [-0.4, -0.2) is 42.1 Å². The van der Waals surface area contributed by atoms with Gasteiger partial charge in [-0.2, -0.15) is 0 Å². The number of hydrogen-bond acceptors (Lipinski definition) is 4. The summed E-state index contributed by atoms with van der Waals surface area (Å²) in [5.74, 6) is 0.109. The average molecular weight is 430 g/mol. The first-order valence-electron chi connectivity index (χ1n) is 11.1. The lowest BCUT2D eigenvalue weighted by Gasteiger charge is -2.24. The third-order valence-electron chi connectivity index (χ3n) is 6.43. The van der Waals surface area contributed by atoms with Crippen molar-refractivity contribution in [3.63, 3.8) is 0 Å². The third kappa shape index (κ3) is 4.78. The molecule has 0 aliphatic carbocycles. The summed E-state index contributed by atoms with van der Waals surface area (Å²) in [5, 5.41) is 13.8. The van der Waals surface area contributed by atoms with Gasteiger partial charge >= 0.3 is 0 Å². The molecule has 0 spiro atoms. The number of carbonyl (C=O) groups is 1. The van der Waals surface area contributed by atoms with E-state index >= 15 is 0 Å². The van der Waals surface area contributed by atoms with Crippen LogP contribution in [0.15, 0.2) is 72.8 Å². The number of hydrogen-bond donors (Lipinski definition) is 2. The van der Waals surface area contributed by atoms with Crippen LogP contribution in [0.25, 0.3) is 11.1 Å². The van der Waals surface area contributed by atoms with E-state index in [0.29, 0.717) is 0 Å². The molecule has 1 aliphatic heterocycles. The van der Waals surface area contributed by atoms with E-state index in [9.17, 15) is 9.90 Å². The molecular weight excluding hydrogens is 398 g/mol. The van der Waals surface area contributed by atoms with Crippen molar-refractivity contribution >= 4 is 17.3 Å². The molecular formula is C27H31N3O2. The smallest absolute Gasteiger partial charge is 0.219 e. The summed E-state index contributed by atoms with van der Waals surface area (Å²) in [6.45, 7) is 5.50. The van der Waals surface area contributed by atoms with Gasteiger partial charge in [0.1, 0.15) is 0 Å². The van der Waals surface area contributed by atoms with E-state index in [-0.39, 0.29) is 11.9 Å². The molecule has 2 atom stereocenters. The number of carbonyl (C=O) groups excluding carboxylic acids is 1. The van der Waals surface area contributed by atoms with Gasteiger partial charge in [-0.1, -0.05) is 48.5 Å². The molecule has 1 aliphatic rings. The van der Waals surface area contributed by atoms with Crippen molar-refractivity contribution in [2.75, 3.05) is 30.4 Å². The second kappa shape index (κ2) is 9.45. The molecule has 1 saturated heterocycles. The molecule has 2 N–H and O–H groups in total. The molecule has 0 bridgehead atoms. The molecule has 5 heteroatoms. The summed E-state index contributed by atoms with van der Waals surface area (Å²) in [4.78, 5) is 15.7. The molecule has 166 valence electrons. The number of benzene rings is 3. The molecule has 2 unspecified atom stereocenters.